The summed E-state index contributed by atoms with van der Waals surface area (Å²) in [5.74, 6) is -0.567. The van der Waals surface area contributed by atoms with E-state index in [0.29, 0.717) is 12.4 Å². The van der Waals surface area contributed by atoms with Crippen molar-refractivity contribution in [3.8, 4) is 0 Å². The first-order valence-corrected chi connectivity index (χ1v) is 9.06. The van der Waals surface area contributed by atoms with Crippen molar-refractivity contribution in [3.05, 3.63) is 11.8 Å². The number of hydrogen-bond donors (Lipinski definition) is 2. The summed E-state index contributed by atoms with van der Waals surface area (Å²) in [6.07, 6.45) is 2.74. The number of anilines is 1. The monoisotopic (exact) mass is 402 g/mol. The van der Waals surface area contributed by atoms with Crippen LogP contribution in [-0.4, -0.2) is 71.2 Å². The van der Waals surface area contributed by atoms with Crippen molar-refractivity contribution < 1.29 is 19.2 Å². The first-order valence-electron chi connectivity index (χ1n) is 9.06. The fraction of sp³-hybridized carbons (Fsp3) is 0.722. The van der Waals surface area contributed by atoms with E-state index < -0.39 is 5.97 Å². The van der Waals surface area contributed by atoms with Crippen LogP contribution in [0, 0.1) is 0 Å². The minimum atomic E-state index is -0.810. The number of aliphatic carboxylic acids is 1. The maximum Gasteiger partial charge on any atom is 0.317 e. The Morgan fingerprint density at radius 1 is 1.37 bits per heavy atom. The molecule has 1 saturated heterocycles. The second-order valence-electron chi connectivity index (χ2n) is 8.04. The minimum Gasteiger partial charge on any atom is -0.480 e. The molecule has 154 valence electrons. The van der Waals surface area contributed by atoms with Gasteiger partial charge in [-0.2, -0.15) is 0 Å². The number of aromatic nitrogens is 1. The molecule has 0 aromatic carbocycles. The Morgan fingerprint density at radius 2 is 2.07 bits per heavy atom. The first-order chi connectivity index (χ1) is 12.1. The SMILES string of the molecule is CN(CC(=O)O)C1CCCN(CC(=O)Nc2cc(C(C)(C)C)no2)CC1.Cl. The van der Waals surface area contributed by atoms with Crippen LogP contribution in [0.25, 0.3) is 0 Å². The largest absolute Gasteiger partial charge is 0.480 e. The lowest BCUT2D eigenvalue weighted by Crippen LogP contribution is -2.37. The average molecular weight is 403 g/mol. The van der Waals surface area contributed by atoms with E-state index in [2.05, 4.69) is 15.4 Å². The molecule has 2 rings (SSSR count). The van der Waals surface area contributed by atoms with Crippen LogP contribution in [0.3, 0.4) is 0 Å². The molecule has 1 unspecified atom stereocenters. The summed E-state index contributed by atoms with van der Waals surface area (Å²) in [5, 5.41) is 15.7. The molecule has 0 bridgehead atoms. The maximum atomic E-state index is 12.3. The lowest BCUT2D eigenvalue weighted by molar-refractivity contribution is -0.138. The van der Waals surface area contributed by atoms with E-state index in [-0.39, 0.29) is 36.3 Å². The van der Waals surface area contributed by atoms with Gasteiger partial charge in [-0.3, -0.25) is 24.7 Å². The fourth-order valence-corrected chi connectivity index (χ4v) is 3.15. The minimum absolute atomic E-state index is 0. The van der Waals surface area contributed by atoms with Gasteiger partial charge in [-0.05, 0) is 32.9 Å². The zero-order chi connectivity index (χ0) is 19.3. The van der Waals surface area contributed by atoms with Gasteiger partial charge in [-0.15, -0.1) is 12.4 Å². The molecule has 2 N–H and O–H groups in total. The molecule has 1 atom stereocenters. The van der Waals surface area contributed by atoms with Gasteiger partial charge in [0, 0.05) is 24.1 Å². The predicted octanol–water partition coefficient (Wildman–Crippen LogP) is 2.20. The summed E-state index contributed by atoms with van der Waals surface area (Å²) in [6, 6.07) is 2.00. The van der Waals surface area contributed by atoms with Crippen molar-refractivity contribution in [1.82, 2.24) is 15.0 Å². The van der Waals surface area contributed by atoms with E-state index in [9.17, 15) is 9.59 Å². The van der Waals surface area contributed by atoms with E-state index in [1.54, 1.807) is 6.07 Å². The highest BCUT2D eigenvalue weighted by molar-refractivity contribution is 5.91. The number of carbonyl (C=O) groups is 2. The molecule has 0 spiro atoms. The lowest BCUT2D eigenvalue weighted by atomic mass is 9.92. The summed E-state index contributed by atoms with van der Waals surface area (Å²) in [5.41, 5.74) is 0.667. The standard InChI is InChI=1S/C18H30N4O4.ClH/c1-18(2,3)14-10-16(26-20-14)19-15(23)11-22-8-5-6-13(7-9-22)21(4)12-17(24)25;/h10,13H,5-9,11-12H2,1-4H3,(H,19,23)(H,24,25);1H. The summed E-state index contributed by atoms with van der Waals surface area (Å²) < 4.78 is 5.20. The van der Waals surface area contributed by atoms with Crippen LogP contribution in [0.1, 0.15) is 45.7 Å². The zero-order valence-corrected chi connectivity index (χ0v) is 17.3. The molecule has 1 fully saturated rings. The van der Waals surface area contributed by atoms with Crippen molar-refractivity contribution in [3.63, 3.8) is 0 Å². The number of halogens is 1. The quantitative estimate of drug-likeness (QED) is 0.752. The molecule has 27 heavy (non-hydrogen) atoms. The van der Waals surface area contributed by atoms with Crippen molar-refractivity contribution in [2.45, 2.75) is 51.5 Å². The molecule has 1 aromatic heterocycles. The van der Waals surface area contributed by atoms with Gasteiger partial charge in [-0.25, -0.2) is 0 Å². The molecule has 1 amide bonds. The number of likely N-dealkylation sites (tertiary alicyclic amines) is 1. The molecule has 8 nitrogen and oxygen atoms in total. The molecule has 1 aliphatic rings. The van der Waals surface area contributed by atoms with Gasteiger partial charge >= 0.3 is 5.97 Å². The second-order valence-corrected chi connectivity index (χ2v) is 8.04. The Kier molecular flexibility index (Phi) is 8.71. The summed E-state index contributed by atoms with van der Waals surface area (Å²) in [7, 11) is 1.85. The topological polar surface area (TPSA) is 98.9 Å². The Hall–Kier alpha value is -1.64. The summed E-state index contributed by atoms with van der Waals surface area (Å²) in [4.78, 5) is 27.1. The van der Waals surface area contributed by atoms with Crippen LogP contribution in [0.2, 0.25) is 0 Å². The highest BCUT2D eigenvalue weighted by Gasteiger charge is 2.23. The number of carboxylic acid groups (broad SMARTS) is 1. The molecule has 1 aromatic rings. The highest BCUT2D eigenvalue weighted by Crippen LogP contribution is 2.23. The summed E-state index contributed by atoms with van der Waals surface area (Å²) in [6.45, 7) is 8.04. The van der Waals surface area contributed by atoms with Crippen LogP contribution in [-0.2, 0) is 15.0 Å². The molecule has 1 aliphatic heterocycles. The van der Waals surface area contributed by atoms with Crippen LogP contribution in [0.15, 0.2) is 10.6 Å². The van der Waals surface area contributed by atoms with E-state index in [1.807, 2.05) is 32.7 Å². The van der Waals surface area contributed by atoms with Gasteiger partial charge in [-0.1, -0.05) is 25.9 Å². The molecular formula is C18H31ClN4O4. The highest BCUT2D eigenvalue weighted by atomic mass is 35.5. The summed E-state index contributed by atoms with van der Waals surface area (Å²) >= 11 is 0. The van der Waals surface area contributed by atoms with Crippen LogP contribution in [0.4, 0.5) is 5.88 Å². The first kappa shape index (κ1) is 23.4. The molecular weight excluding hydrogens is 372 g/mol. The Balaban J connectivity index is 0.00000364. The lowest BCUT2D eigenvalue weighted by Gasteiger charge is -2.25. The number of carbonyl (C=O) groups excluding carboxylic acids is 1. The molecule has 0 aliphatic carbocycles. The fourth-order valence-electron chi connectivity index (χ4n) is 3.15. The molecule has 2 heterocycles. The number of nitrogens with one attached hydrogen (secondary N) is 1. The molecule has 9 heteroatoms. The number of amides is 1. The van der Waals surface area contributed by atoms with Crippen LogP contribution >= 0.6 is 12.4 Å². The van der Waals surface area contributed by atoms with Gasteiger partial charge < -0.3 is 9.63 Å². The van der Waals surface area contributed by atoms with E-state index in [4.69, 9.17) is 9.63 Å². The van der Waals surface area contributed by atoms with Crippen molar-refractivity contribution >= 4 is 30.2 Å². The van der Waals surface area contributed by atoms with Crippen LogP contribution in [0.5, 0.6) is 0 Å². The van der Waals surface area contributed by atoms with Crippen LogP contribution < -0.4 is 5.32 Å². The van der Waals surface area contributed by atoms with Gasteiger partial charge in [0.15, 0.2) is 0 Å². The third-order valence-corrected chi connectivity index (χ3v) is 4.71. The number of carboxylic acids is 1. The van der Waals surface area contributed by atoms with Gasteiger partial charge in [0.2, 0.25) is 11.8 Å². The number of likely N-dealkylation sites (N-methyl/N-ethyl adjacent to an activating group) is 1. The third-order valence-electron chi connectivity index (χ3n) is 4.71. The predicted molar refractivity (Wildman–Crippen MR) is 105 cm³/mol. The number of rotatable bonds is 6. The van der Waals surface area contributed by atoms with Crippen molar-refractivity contribution in [2.75, 3.05) is 38.5 Å². The normalized spacial score (nSPS) is 18.6. The van der Waals surface area contributed by atoms with Crippen molar-refractivity contribution in [2.24, 2.45) is 0 Å². The zero-order valence-electron chi connectivity index (χ0n) is 16.5. The number of hydrogen-bond acceptors (Lipinski definition) is 6. The van der Waals surface area contributed by atoms with E-state index in [0.717, 1.165) is 38.0 Å². The van der Waals surface area contributed by atoms with Gasteiger partial charge in [0.1, 0.15) is 0 Å². The third kappa shape index (κ3) is 7.48. The molecule has 0 radical (unpaired) electrons. The Labute approximate surface area is 166 Å². The van der Waals surface area contributed by atoms with E-state index >= 15 is 0 Å². The number of nitrogens with zero attached hydrogens (tertiary/aromatic N) is 3. The van der Waals surface area contributed by atoms with Gasteiger partial charge in [0.05, 0.1) is 18.8 Å². The maximum absolute atomic E-state index is 12.3. The average Bonchev–Trinajstić information content (AvgIpc) is 2.85. The van der Waals surface area contributed by atoms with Gasteiger partial charge in [0.25, 0.3) is 0 Å². The second kappa shape index (κ2) is 10.1. The Bertz CT molecular complexity index is 629. The smallest absolute Gasteiger partial charge is 0.317 e. The molecule has 0 saturated carbocycles. The van der Waals surface area contributed by atoms with Crippen molar-refractivity contribution in [1.29, 1.82) is 0 Å². The van der Waals surface area contributed by atoms with E-state index in [1.165, 1.54) is 0 Å². The Morgan fingerprint density at radius 3 is 2.67 bits per heavy atom.